The molecule has 3 rings (SSSR count). The fourth-order valence-corrected chi connectivity index (χ4v) is 3.42. The number of furan rings is 1. The first-order valence-electron chi connectivity index (χ1n) is 7.35. The van der Waals surface area contributed by atoms with E-state index >= 15 is 0 Å². The number of hydrogen-bond donors (Lipinski definition) is 2. The maximum absolute atomic E-state index is 12.2. The number of rotatable bonds is 4. The highest BCUT2D eigenvalue weighted by Crippen LogP contribution is 2.17. The van der Waals surface area contributed by atoms with Gasteiger partial charge in [-0.15, -0.1) is 4.40 Å². The van der Waals surface area contributed by atoms with E-state index in [9.17, 15) is 18.0 Å². The molecule has 0 radical (unpaired) electrons. The molecular formula is C15H15N3O6S. The summed E-state index contributed by atoms with van der Waals surface area (Å²) >= 11 is 0. The molecule has 0 unspecified atom stereocenters. The van der Waals surface area contributed by atoms with Crippen LogP contribution in [0, 0.1) is 6.92 Å². The molecule has 1 aromatic rings. The van der Waals surface area contributed by atoms with Crippen molar-refractivity contribution in [1.29, 1.82) is 0 Å². The smallest absolute Gasteiger partial charge is 0.339 e. The van der Waals surface area contributed by atoms with E-state index in [0.717, 1.165) is 0 Å². The van der Waals surface area contributed by atoms with Crippen molar-refractivity contribution in [2.45, 2.75) is 13.5 Å². The average Bonchev–Trinajstić information content (AvgIpc) is 2.92. The Hall–Kier alpha value is -2.88. The summed E-state index contributed by atoms with van der Waals surface area (Å²) in [5.74, 6) is -0.730. The number of amidine groups is 1. The van der Waals surface area contributed by atoms with Crippen LogP contribution in [0.4, 0.5) is 0 Å². The molecule has 1 amide bonds. The average molecular weight is 365 g/mol. The minimum atomic E-state index is -3.44. The van der Waals surface area contributed by atoms with E-state index in [4.69, 9.17) is 9.52 Å². The van der Waals surface area contributed by atoms with Gasteiger partial charge in [0.25, 0.3) is 15.9 Å². The van der Waals surface area contributed by atoms with Gasteiger partial charge in [-0.05, 0) is 25.1 Å². The second-order valence-corrected chi connectivity index (χ2v) is 7.27. The van der Waals surface area contributed by atoms with E-state index in [2.05, 4.69) is 9.71 Å². The van der Waals surface area contributed by atoms with Crippen LogP contribution in [0.15, 0.2) is 38.8 Å². The molecule has 2 N–H and O–H groups in total. The molecule has 0 saturated heterocycles. The Labute approximate surface area is 143 Å². The third kappa shape index (κ3) is 3.63. The molecule has 9 nitrogen and oxygen atoms in total. The Balaban J connectivity index is 1.67. The van der Waals surface area contributed by atoms with Crippen molar-refractivity contribution in [2.24, 2.45) is 4.40 Å². The van der Waals surface area contributed by atoms with Gasteiger partial charge in [-0.25, -0.2) is 13.2 Å². The van der Waals surface area contributed by atoms with E-state index in [0.29, 0.717) is 11.3 Å². The van der Waals surface area contributed by atoms with Crippen LogP contribution in [-0.2, 0) is 21.4 Å². The molecule has 1 aromatic heterocycles. The Kier molecular flexibility index (Phi) is 4.21. The Morgan fingerprint density at radius 3 is 2.84 bits per heavy atom. The zero-order valence-corrected chi connectivity index (χ0v) is 14.0. The molecule has 0 bridgehead atoms. The molecule has 0 atom stereocenters. The van der Waals surface area contributed by atoms with Gasteiger partial charge in [0.15, 0.2) is 0 Å². The van der Waals surface area contributed by atoms with E-state index in [-0.39, 0.29) is 36.0 Å². The second-order valence-electron chi connectivity index (χ2n) is 5.52. The first-order valence-corrected chi connectivity index (χ1v) is 8.96. The number of hydrogen-bond acceptors (Lipinski definition) is 6. The molecule has 2 aliphatic heterocycles. The van der Waals surface area contributed by atoms with Gasteiger partial charge in [-0.2, -0.15) is 0 Å². The Bertz CT molecular complexity index is 938. The summed E-state index contributed by atoms with van der Waals surface area (Å²) in [7, 11) is -3.44. The number of carboxylic acids is 1. The largest absolute Gasteiger partial charge is 0.478 e. The van der Waals surface area contributed by atoms with Crippen LogP contribution in [0.3, 0.4) is 0 Å². The number of sulfonamides is 1. The Morgan fingerprint density at radius 2 is 2.16 bits per heavy atom. The first kappa shape index (κ1) is 17.0. The fourth-order valence-electron chi connectivity index (χ4n) is 2.45. The van der Waals surface area contributed by atoms with Gasteiger partial charge >= 0.3 is 5.97 Å². The van der Waals surface area contributed by atoms with Crippen LogP contribution in [0.1, 0.15) is 21.9 Å². The maximum Gasteiger partial charge on any atom is 0.339 e. The lowest BCUT2D eigenvalue weighted by Gasteiger charge is -2.26. The van der Waals surface area contributed by atoms with Crippen LogP contribution >= 0.6 is 0 Å². The number of nitrogens with one attached hydrogen (secondary N) is 1. The lowest BCUT2D eigenvalue weighted by atomic mass is 10.1. The van der Waals surface area contributed by atoms with Gasteiger partial charge in [0.1, 0.15) is 22.9 Å². The fraction of sp³-hybridized carbons (Fsp3) is 0.267. The van der Waals surface area contributed by atoms with Crippen molar-refractivity contribution in [3.8, 4) is 0 Å². The molecule has 0 fully saturated rings. The third-order valence-corrected chi connectivity index (χ3v) is 4.87. The number of aromatic carboxylic acids is 1. The van der Waals surface area contributed by atoms with E-state index in [1.54, 1.807) is 4.90 Å². The predicted molar refractivity (Wildman–Crippen MR) is 87.4 cm³/mol. The Morgan fingerprint density at radius 1 is 1.40 bits per heavy atom. The zero-order chi connectivity index (χ0) is 18.2. The number of nitrogens with zero attached hydrogens (tertiary/aromatic N) is 2. The number of carbonyl (C=O) groups is 2. The van der Waals surface area contributed by atoms with Crippen molar-refractivity contribution >= 4 is 27.7 Å². The van der Waals surface area contributed by atoms with Gasteiger partial charge in [0, 0.05) is 12.7 Å². The summed E-state index contributed by atoms with van der Waals surface area (Å²) in [5, 5.41) is 11.6. The van der Waals surface area contributed by atoms with Crippen molar-refractivity contribution in [2.75, 3.05) is 12.3 Å². The zero-order valence-electron chi connectivity index (χ0n) is 13.2. The summed E-state index contributed by atoms with van der Waals surface area (Å²) in [6.45, 7) is 1.79. The minimum absolute atomic E-state index is 0.0352. The summed E-state index contributed by atoms with van der Waals surface area (Å²) in [6, 6.07) is 1.36. The summed E-state index contributed by atoms with van der Waals surface area (Å²) in [4.78, 5) is 24.8. The lowest BCUT2D eigenvalue weighted by Crippen LogP contribution is -2.38. The standard InChI is InChI=1S/C15H15N3O6S/c1-9-12(15(20)21)6-11(24-9)7-16-14(19)10-2-3-13-17-25(22,23)5-4-18(13)8-10/h2-3,6,8H,4-5,7H2,1H3,(H,16,19)(H,20,21). The first-order chi connectivity index (χ1) is 11.7. The second kappa shape index (κ2) is 6.20. The molecule has 132 valence electrons. The monoisotopic (exact) mass is 365 g/mol. The SMILES string of the molecule is Cc1oc(CNC(=O)C2=CN3CCS(=O)(=O)N=C3C=C2)cc1C(=O)O. The van der Waals surface area contributed by atoms with Crippen LogP contribution in [0.25, 0.3) is 0 Å². The van der Waals surface area contributed by atoms with Crippen LogP contribution in [0.5, 0.6) is 0 Å². The molecule has 10 heteroatoms. The van der Waals surface area contributed by atoms with Crippen molar-refractivity contribution in [3.63, 3.8) is 0 Å². The van der Waals surface area contributed by atoms with Gasteiger partial charge in [-0.1, -0.05) is 0 Å². The van der Waals surface area contributed by atoms with Crippen LogP contribution in [0.2, 0.25) is 0 Å². The van der Waals surface area contributed by atoms with Gasteiger partial charge in [-0.3, -0.25) is 4.79 Å². The third-order valence-electron chi connectivity index (χ3n) is 3.71. The molecule has 0 spiro atoms. The van der Waals surface area contributed by atoms with Crippen LogP contribution < -0.4 is 5.32 Å². The molecule has 0 saturated carbocycles. The van der Waals surface area contributed by atoms with Gasteiger partial charge in [0.2, 0.25) is 0 Å². The number of aryl methyl sites for hydroxylation is 1. The van der Waals surface area contributed by atoms with Gasteiger partial charge < -0.3 is 19.7 Å². The molecule has 0 aliphatic carbocycles. The highest BCUT2D eigenvalue weighted by Gasteiger charge is 2.25. The van der Waals surface area contributed by atoms with Crippen molar-refractivity contribution < 1.29 is 27.5 Å². The topological polar surface area (TPSA) is 129 Å². The number of fused-ring (bicyclic) bond motifs is 1. The number of amides is 1. The van der Waals surface area contributed by atoms with Gasteiger partial charge in [0.05, 0.1) is 17.9 Å². The lowest BCUT2D eigenvalue weighted by molar-refractivity contribution is -0.117. The number of carbonyl (C=O) groups excluding carboxylic acids is 1. The van der Waals surface area contributed by atoms with Crippen molar-refractivity contribution in [1.82, 2.24) is 10.2 Å². The molecule has 0 aromatic carbocycles. The van der Waals surface area contributed by atoms with E-state index in [1.807, 2.05) is 0 Å². The normalized spacial score (nSPS) is 18.2. The molecule has 3 heterocycles. The highest BCUT2D eigenvalue weighted by molar-refractivity contribution is 7.90. The molecule has 25 heavy (non-hydrogen) atoms. The van der Waals surface area contributed by atoms with Crippen molar-refractivity contribution in [3.05, 3.63) is 47.1 Å². The predicted octanol–water partition coefficient (Wildman–Crippen LogP) is 0.400. The van der Waals surface area contributed by atoms with E-state index in [1.165, 1.54) is 31.3 Å². The van der Waals surface area contributed by atoms with E-state index < -0.39 is 21.9 Å². The highest BCUT2D eigenvalue weighted by atomic mass is 32.2. The molecular weight excluding hydrogens is 350 g/mol. The minimum Gasteiger partial charge on any atom is -0.478 e. The quantitative estimate of drug-likeness (QED) is 0.790. The summed E-state index contributed by atoms with van der Waals surface area (Å²) in [6.07, 6.45) is 4.46. The number of carboxylic acid groups (broad SMARTS) is 1. The van der Waals surface area contributed by atoms with Crippen LogP contribution in [-0.4, -0.2) is 48.4 Å². The molecule has 2 aliphatic rings. The summed E-state index contributed by atoms with van der Waals surface area (Å²) in [5.41, 5.74) is 0.386. The summed E-state index contributed by atoms with van der Waals surface area (Å²) < 4.78 is 31.8. The maximum atomic E-state index is 12.2.